The zero-order chi connectivity index (χ0) is 20.5. The molecule has 1 aliphatic rings. The molecule has 1 aliphatic carbocycles. The van der Waals surface area contributed by atoms with Crippen molar-refractivity contribution in [2.75, 3.05) is 25.9 Å². The van der Waals surface area contributed by atoms with Crippen LogP contribution >= 0.6 is 0 Å². The molecule has 28 heavy (non-hydrogen) atoms. The second kappa shape index (κ2) is 11.0. The van der Waals surface area contributed by atoms with Crippen LogP contribution in [0.25, 0.3) is 0 Å². The molecule has 7 nitrogen and oxygen atoms in total. The number of anilines is 1. The molecule has 0 spiro atoms. The lowest BCUT2D eigenvalue weighted by Gasteiger charge is -2.30. The van der Waals surface area contributed by atoms with Gasteiger partial charge in [0.1, 0.15) is 5.82 Å². The lowest BCUT2D eigenvalue weighted by Crippen LogP contribution is -2.48. The summed E-state index contributed by atoms with van der Waals surface area (Å²) >= 11 is 0. The molecule has 0 saturated heterocycles. The number of nitrogens with two attached hydrogens (primary N) is 1. The Kier molecular flexibility index (Phi) is 8.70. The number of nitrogens with zero attached hydrogens (tertiary/aromatic N) is 2. The van der Waals surface area contributed by atoms with Crippen LogP contribution in [0, 0.1) is 11.8 Å². The molecular weight excluding hydrogens is 354 g/mol. The number of carbonyl (C=O) groups is 2. The van der Waals surface area contributed by atoms with Gasteiger partial charge in [-0.15, -0.1) is 0 Å². The van der Waals surface area contributed by atoms with Crippen molar-refractivity contribution in [3.05, 3.63) is 23.9 Å². The molecule has 0 aliphatic heterocycles. The molecule has 1 aromatic heterocycles. The maximum atomic E-state index is 12.9. The maximum absolute atomic E-state index is 12.9. The average Bonchev–Trinajstić information content (AvgIpc) is 2.72. The van der Waals surface area contributed by atoms with Crippen molar-refractivity contribution in [2.24, 2.45) is 11.8 Å². The lowest BCUT2D eigenvalue weighted by atomic mass is 9.79. The van der Waals surface area contributed by atoms with Crippen LogP contribution in [0.4, 0.5) is 5.82 Å². The number of hydrogen-bond acceptors (Lipinski definition) is 5. The van der Waals surface area contributed by atoms with Crippen molar-refractivity contribution in [1.29, 1.82) is 0 Å². The first kappa shape index (κ1) is 22.1. The third-order valence-electron chi connectivity index (χ3n) is 5.91. The monoisotopic (exact) mass is 389 g/mol. The molecule has 0 aromatic carbocycles. The minimum Gasteiger partial charge on any atom is -0.384 e. The largest absolute Gasteiger partial charge is 0.384 e. The van der Waals surface area contributed by atoms with Gasteiger partial charge >= 0.3 is 0 Å². The number of pyridine rings is 1. The van der Waals surface area contributed by atoms with E-state index in [0.29, 0.717) is 24.8 Å². The number of carbonyl (C=O) groups excluding carboxylic acids is 2. The zero-order valence-corrected chi connectivity index (χ0v) is 17.4. The summed E-state index contributed by atoms with van der Waals surface area (Å²) in [7, 11) is 1.93. The van der Waals surface area contributed by atoms with Crippen LogP contribution in [0.15, 0.2) is 18.3 Å². The second-order valence-corrected chi connectivity index (χ2v) is 7.81. The van der Waals surface area contributed by atoms with Crippen LogP contribution < -0.4 is 16.4 Å². The summed E-state index contributed by atoms with van der Waals surface area (Å²) in [5.41, 5.74) is 6.52. The number of rotatable bonds is 9. The number of amides is 2. The first-order valence-corrected chi connectivity index (χ1v) is 10.4. The van der Waals surface area contributed by atoms with Crippen LogP contribution in [0.2, 0.25) is 0 Å². The Morgan fingerprint density at radius 3 is 2.54 bits per heavy atom. The Morgan fingerprint density at radius 2 is 1.93 bits per heavy atom. The van der Waals surface area contributed by atoms with E-state index >= 15 is 0 Å². The Bertz CT molecular complexity index is 628. The zero-order valence-electron chi connectivity index (χ0n) is 17.4. The van der Waals surface area contributed by atoms with Gasteiger partial charge in [0.15, 0.2) is 0 Å². The molecule has 4 N–H and O–H groups in total. The van der Waals surface area contributed by atoms with E-state index in [1.807, 2.05) is 31.9 Å². The molecule has 0 radical (unpaired) electrons. The number of nitrogens with one attached hydrogen (secondary N) is 2. The normalized spacial score (nSPS) is 17.1. The number of likely N-dealkylation sites (N-methyl/N-ethyl adjacent to an activating group) is 1. The standard InChI is InChI=1S/C21H35N5O2/c1-4-26(3)15(2)20(27)25-14-18(17-8-6-5-7-9-17)21(28)24-13-16-10-11-19(22)23-12-16/h10-12,15,17-18H,4-9,13-14H2,1-3H3,(H2,22,23)(H,24,28)(H,25,27)/t15-,18-/m0/s1. The van der Waals surface area contributed by atoms with E-state index in [0.717, 1.165) is 37.8 Å². The topological polar surface area (TPSA) is 100 Å². The Labute approximate surface area is 168 Å². The van der Waals surface area contributed by atoms with E-state index in [9.17, 15) is 9.59 Å². The Hall–Kier alpha value is -2.15. The van der Waals surface area contributed by atoms with Crippen molar-refractivity contribution in [3.63, 3.8) is 0 Å². The molecule has 7 heteroatoms. The van der Waals surface area contributed by atoms with Gasteiger partial charge in [-0.25, -0.2) is 4.98 Å². The van der Waals surface area contributed by atoms with E-state index in [1.165, 1.54) is 6.42 Å². The summed E-state index contributed by atoms with van der Waals surface area (Å²) in [6.07, 6.45) is 7.30. The van der Waals surface area contributed by atoms with Gasteiger partial charge in [-0.1, -0.05) is 32.3 Å². The first-order valence-electron chi connectivity index (χ1n) is 10.4. The molecule has 0 bridgehead atoms. The SMILES string of the molecule is CCN(C)[C@@H](C)C(=O)NC[C@H](C(=O)NCc1ccc(N)nc1)C1CCCCC1. The predicted molar refractivity (Wildman–Crippen MR) is 111 cm³/mol. The third-order valence-corrected chi connectivity index (χ3v) is 5.91. The summed E-state index contributed by atoms with van der Waals surface area (Å²) in [5, 5.41) is 6.03. The van der Waals surface area contributed by atoms with Gasteiger partial charge in [0.05, 0.1) is 12.0 Å². The highest BCUT2D eigenvalue weighted by Gasteiger charge is 2.30. The van der Waals surface area contributed by atoms with Gasteiger partial charge in [-0.2, -0.15) is 0 Å². The van der Waals surface area contributed by atoms with E-state index in [4.69, 9.17) is 5.73 Å². The van der Waals surface area contributed by atoms with E-state index in [2.05, 4.69) is 15.6 Å². The van der Waals surface area contributed by atoms with Crippen molar-refractivity contribution < 1.29 is 9.59 Å². The summed E-state index contributed by atoms with van der Waals surface area (Å²) < 4.78 is 0. The fourth-order valence-electron chi connectivity index (χ4n) is 3.70. The number of hydrogen-bond donors (Lipinski definition) is 3. The number of aromatic nitrogens is 1. The first-order chi connectivity index (χ1) is 13.4. The highest BCUT2D eigenvalue weighted by Crippen LogP contribution is 2.30. The van der Waals surface area contributed by atoms with Gasteiger partial charge in [-0.05, 0) is 50.9 Å². The van der Waals surface area contributed by atoms with E-state index in [1.54, 1.807) is 12.3 Å². The van der Waals surface area contributed by atoms with Gasteiger partial charge in [0.25, 0.3) is 0 Å². The fraction of sp³-hybridized carbons (Fsp3) is 0.667. The predicted octanol–water partition coefficient (Wildman–Crippen LogP) is 1.93. The molecule has 1 aromatic rings. The molecule has 0 unspecified atom stereocenters. The van der Waals surface area contributed by atoms with Crippen LogP contribution in [0.3, 0.4) is 0 Å². The highest BCUT2D eigenvalue weighted by atomic mass is 16.2. The minimum absolute atomic E-state index is 0.000485. The van der Waals surface area contributed by atoms with Gasteiger partial charge < -0.3 is 16.4 Å². The van der Waals surface area contributed by atoms with Crippen LogP contribution in [-0.4, -0.2) is 47.9 Å². The molecule has 2 amide bonds. The van der Waals surface area contributed by atoms with Crippen molar-refractivity contribution in [3.8, 4) is 0 Å². The third kappa shape index (κ3) is 6.48. The lowest BCUT2D eigenvalue weighted by molar-refractivity contribution is -0.129. The smallest absolute Gasteiger partial charge is 0.237 e. The van der Waals surface area contributed by atoms with Crippen molar-refractivity contribution in [1.82, 2.24) is 20.5 Å². The maximum Gasteiger partial charge on any atom is 0.237 e. The van der Waals surface area contributed by atoms with E-state index in [-0.39, 0.29) is 23.8 Å². The molecule has 1 fully saturated rings. The summed E-state index contributed by atoms with van der Waals surface area (Å²) in [5.74, 6) is 0.549. The molecule has 1 heterocycles. The van der Waals surface area contributed by atoms with Crippen LogP contribution in [0.1, 0.15) is 51.5 Å². The van der Waals surface area contributed by atoms with Crippen LogP contribution in [-0.2, 0) is 16.1 Å². The van der Waals surface area contributed by atoms with Crippen LogP contribution in [0.5, 0.6) is 0 Å². The highest BCUT2D eigenvalue weighted by molar-refractivity contribution is 5.83. The average molecular weight is 390 g/mol. The molecule has 2 atom stereocenters. The summed E-state index contributed by atoms with van der Waals surface area (Å²) in [6, 6.07) is 3.38. The molecular formula is C21H35N5O2. The van der Waals surface area contributed by atoms with E-state index < -0.39 is 0 Å². The summed E-state index contributed by atoms with van der Waals surface area (Å²) in [6.45, 7) is 5.52. The Balaban J connectivity index is 1.96. The minimum atomic E-state index is -0.207. The van der Waals surface area contributed by atoms with Crippen molar-refractivity contribution >= 4 is 17.6 Å². The van der Waals surface area contributed by atoms with Gasteiger partial charge in [0, 0.05) is 19.3 Å². The van der Waals surface area contributed by atoms with Gasteiger partial charge in [-0.3, -0.25) is 14.5 Å². The molecule has 2 rings (SSSR count). The number of nitrogen functional groups attached to an aromatic ring is 1. The molecule has 1 saturated carbocycles. The Morgan fingerprint density at radius 1 is 1.21 bits per heavy atom. The fourth-order valence-corrected chi connectivity index (χ4v) is 3.70. The second-order valence-electron chi connectivity index (χ2n) is 7.81. The van der Waals surface area contributed by atoms with Gasteiger partial charge in [0.2, 0.25) is 11.8 Å². The molecule has 156 valence electrons. The summed E-state index contributed by atoms with van der Waals surface area (Å²) in [4.78, 5) is 31.4. The van der Waals surface area contributed by atoms with Crippen molar-refractivity contribution in [2.45, 2.75) is 58.5 Å². The quantitative estimate of drug-likeness (QED) is 0.599.